The summed E-state index contributed by atoms with van der Waals surface area (Å²) < 4.78 is 11.1. The molecule has 2 aromatic carbocycles. The molecule has 166 valence electrons. The summed E-state index contributed by atoms with van der Waals surface area (Å²) in [5.41, 5.74) is 1.72. The van der Waals surface area contributed by atoms with Crippen LogP contribution in [0.4, 0.5) is 11.4 Å². The molecule has 3 rings (SSSR count). The van der Waals surface area contributed by atoms with E-state index in [-0.39, 0.29) is 17.7 Å². The van der Waals surface area contributed by atoms with E-state index < -0.39 is 0 Å². The van der Waals surface area contributed by atoms with Gasteiger partial charge in [-0.05, 0) is 42.5 Å². The molecule has 0 aliphatic carbocycles. The second-order valence-electron chi connectivity index (χ2n) is 7.18. The fourth-order valence-electron chi connectivity index (χ4n) is 2.77. The number of furan rings is 1. The summed E-state index contributed by atoms with van der Waals surface area (Å²) in [4.78, 5) is 24.2. The molecule has 0 aliphatic rings. The zero-order valence-corrected chi connectivity index (χ0v) is 19.3. The summed E-state index contributed by atoms with van der Waals surface area (Å²) in [6, 6.07) is 13.7. The van der Waals surface area contributed by atoms with Crippen molar-refractivity contribution in [1.29, 1.82) is 0 Å². The van der Waals surface area contributed by atoms with E-state index in [2.05, 4.69) is 10.6 Å². The van der Waals surface area contributed by atoms with Gasteiger partial charge >= 0.3 is 0 Å². The molecule has 3 aromatic rings. The molecule has 1 heterocycles. The number of carbonyl (C=O) groups is 2. The van der Waals surface area contributed by atoms with Crippen molar-refractivity contribution in [1.82, 2.24) is 0 Å². The Hall–Kier alpha value is -3.22. The zero-order chi connectivity index (χ0) is 23.3. The minimum atomic E-state index is -0.357. The molecule has 6 nitrogen and oxygen atoms in total. The molecule has 0 bridgehead atoms. The molecule has 32 heavy (non-hydrogen) atoms. The van der Waals surface area contributed by atoms with Crippen LogP contribution < -0.4 is 15.4 Å². The standard InChI is InChI=1S/C24H22Cl2N2O4/c1-14(2)24(30)28-19-10-7-15(13-21(19)31-3)27-22(29)12-9-16-8-11-20(32-16)17-5-4-6-18(25)23(17)26/h4-14H,1-3H3,(H,27,29)(H,28,30). The number of nitrogens with one attached hydrogen (secondary N) is 2. The van der Waals surface area contributed by atoms with Crippen molar-refractivity contribution in [2.45, 2.75) is 13.8 Å². The number of rotatable bonds is 7. The molecule has 0 saturated carbocycles. The summed E-state index contributed by atoms with van der Waals surface area (Å²) in [5, 5.41) is 6.37. The van der Waals surface area contributed by atoms with Crippen LogP contribution in [0.2, 0.25) is 10.0 Å². The number of ether oxygens (including phenoxy) is 1. The lowest BCUT2D eigenvalue weighted by molar-refractivity contribution is -0.119. The third-order valence-corrected chi connectivity index (χ3v) is 5.31. The van der Waals surface area contributed by atoms with Gasteiger partial charge in [0.1, 0.15) is 17.3 Å². The van der Waals surface area contributed by atoms with E-state index in [0.717, 1.165) is 0 Å². The van der Waals surface area contributed by atoms with E-state index in [4.69, 9.17) is 32.4 Å². The van der Waals surface area contributed by atoms with Crippen molar-refractivity contribution < 1.29 is 18.7 Å². The molecule has 2 N–H and O–H groups in total. The Morgan fingerprint density at radius 2 is 1.84 bits per heavy atom. The number of benzene rings is 2. The number of halogens is 2. The molecule has 1 aromatic heterocycles. The lowest BCUT2D eigenvalue weighted by Gasteiger charge is -2.13. The number of methoxy groups -OCH3 is 1. The number of hydrogen-bond acceptors (Lipinski definition) is 4. The smallest absolute Gasteiger partial charge is 0.248 e. The fraction of sp³-hybridized carbons (Fsp3) is 0.167. The van der Waals surface area contributed by atoms with E-state index in [0.29, 0.717) is 44.3 Å². The molecule has 0 unspecified atom stereocenters. The highest BCUT2D eigenvalue weighted by molar-refractivity contribution is 6.43. The van der Waals surface area contributed by atoms with E-state index in [1.165, 1.54) is 13.2 Å². The number of hydrogen-bond donors (Lipinski definition) is 2. The maximum atomic E-state index is 12.3. The highest BCUT2D eigenvalue weighted by Crippen LogP contribution is 2.34. The molecule has 2 amide bonds. The lowest BCUT2D eigenvalue weighted by atomic mass is 10.2. The van der Waals surface area contributed by atoms with Gasteiger partial charge in [0.2, 0.25) is 11.8 Å². The van der Waals surface area contributed by atoms with E-state index in [1.54, 1.807) is 68.5 Å². The summed E-state index contributed by atoms with van der Waals surface area (Å²) in [7, 11) is 1.49. The predicted molar refractivity (Wildman–Crippen MR) is 128 cm³/mol. The van der Waals surface area contributed by atoms with Gasteiger partial charge in [-0.25, -0.2) is 0 Å². The minimum absolute atomic E-state index is 0.125. The van der Waals surface area contributed by atoms with Gasteiger partial charge in [-0.1, -0.05) is 43.1 Å². The van der Waals surface area contributed by atoms with Gasteiger partial charge in [-0.15, -0.1) is 0 Å². The normalized spacial score (nSPS) is 11.1. The Morgan fingerprint density at radius 3 is 2.56 bits per heavy atom. The maximum Gasteiger partial charge on any atom is 0.248 e. The van der Waals surface area contributed by atoms with Crippen molar-refractivity contribution >= 4 is 52.5 Å². The van der Waals surface area contributed by atoms with Crippen LogP contribution in [0.15, 0.2) is 59.0 Å². The molecule has 0 radical (unpaired) electrons. The third-order valence-electron chi connectivity index (χ3n) is 4.49. The van der Waals surface area contributed by atoms with E-state index in [9.17, 15) is 9.59 Å². The topological polar surface area (TPSA) is 80.6 Å². The summed E-state index contributed by atoms with van der Waals surface area (Å²) in [6.07, 6.45) is 2.90. The molecule has 0 atom stereocenters. The minimum Gasteiger partial charge on any atom is -0.494 e. The molecular formula is C24H22Cl2N2O4. The summed E-state index contributed by atoms with van der Waals surface area (Å²) in [5.74, 6) is 0.817. The van der Waals surface area contributed by atoms with Gasteiger partial charge in [-0.2, -0.15) is 0 Å². The van der Waals surface area contributed by atoms with Crippen molar-refractivity contribution in [2.24, 2.45) is 5.92 Å². The Bertz CT molecular complexity index is 1170. The Kier molecular flexibility index (Phi) is 7.62. The Morgan fingerprint density at radius 1 is 1.06 bits per heavy atom. The Balaban J connectivity index is 1.67. The van der Waals surface area contributed by atoms with E-state index in [1.807, 2.05) is 0 Å². The molecular weight excluding hydrogens is 451 g/mol. The first kappa shape index (κ1) is 23.4. The number of anilines is 2. The van der Waals surface area contributed by atoms with Gasteiger partial charge in [0.15, 0.2) is 0 Å². The lowest BCUT2D eigenvalue weighted by Crippen LogP contribution is -2.18. The van der Waals surface area contributed by atoms with Crippen LogP contribution in [0.5, 0.6) is 5.75 Å². The molecule has 0 saturated heterocycles. The molecule has 8 heteroatoms. The zero-order valence-electron chi connectivity index (χ0n) is 17.7. The van der Waals surface area contributed by atoms with Crippen LogP contribution in [-0.4, -0.2) is 18.9 Å². The molecule has 0 spiro atoms. The largest absolute Gasteiger partial charge is 0.494 e. The SMILES string of the molecule is COc1cc(NC(=O)C=Cc2ccc(-c3cccc(Cl)c3Cl)o2)ccc1NC(=O)C(C)C. The van der Waals surface area contributed by atoms with Crippen LogP contribution in [0.25, 0.3) is 17.4 Å². The van der Waals surface area contributed by atoms with Crippen LogP contribution in [0.1, 0.15) is 19.6 Å². The average Bonchev–Trinajstić information content (AvgIpc) is 3.24. The van der Waals surface area contributed by atoms with Crippen LogP contribution in [-0.2, 0) is 9.59 Å². The first-order chi connectivity index (χ1) is 15.3. The molecule has 0 aliphatic heterocycles. The van der Waals surface area contributed by atoms with Crippen molar-refractivity contribution in [3.63, 3.8) is 0 Å². The summed E-state index contributed by atoms with van der Waals surface area (Å²) in [6.45, 7) is 3.60. The second kappa shape index (κ2) is 10.4. The quantitative estimate of drug-likeness (QED) is 0.384. The number of amides is 2. The Labute approximate surface area is 196 Å². The van der Waals surface area contributed by atoms with Crippen LogP contribution in [0, 0.1) is 5.92 Å². The number of carbonyl (C=O) groups excluding carboxylic acids is 2. The monoisotopic (exact) mass is 472 g/mol. The predicted octanol–water partition coefficient (Wildman–Crippen LogP) is 6.51. The second-order valence-corrected chi connectivity index (χ2v) is 7.97. The first-order valence-electron chi connectivity index (χ1n) is 9.80. The van der Waals surface area contributed by atoms with Gasteiger partial charge in [-0.3, -0.25) is 9.59 Å². The van der Waals surface area contributed by atoms with Crippen molar-refractivity contribution in [2.75, 3.05) is 17.7 Å². The van der Waals surface area contributed by atoms with Crippen LogP contribution >= 0.6 is 23.2 Å². The summed E-state index contributed by atoms with van der Waals surface area (Å²) >= 11 is 12.3. The van der Waals surface area contributed by atoms with Gasteiger partial charge in [0, 0.05) is 29.3 Å². The third kappa shape index (κ3) is 5.72. The van der Waals surface area contributed by atoms with Crippen LogP contribution in [0.3, 0.4) is 0 Å². The van der Waals surface area contributed by atoms with Crippen molar-refractivity contribution in [3.05, 3.63) is 70.4 Å². The average molecular weight is 473 g/mol. The van der Waals surface area contributed by atoms with Gasteiger partial charge in [0.25, 0.3) is 0 Å². The highest BCUT2D eigenvalue weighted by Gasteiger charge is 2.13. The van der Waals surface area contributed by atoms with Gasteiger partial charge < -0.3 is 19.8 Å². The van der Waals surface area contributed by atoms with E-state index >= 15 is 0 Å². The highest BCUT2D eigenvalue weighted by atomic mass is 35.5. The maximum absolute atomic E-state index is 12.3. The van der Waals surface area contributed by atoms with Gasteiger partial charge in [0.05, 0.1) is 22.8 Å². The van der Waals surface area contributed by atoms with Crippen molar-refractivity contribution in [3.8, 4) is 17.1 Å². The molecule has 0 fully saturated rings. The first-order valence-corrected chi connectivity index (χ1v) is 10.6. The fourth-order valence-corrected chi connectivity index (χ4v) is 3.17.